The van der Waals surface area contributed by atoms with Crippen LogP contribution in [-0.2, 0) is 19.1 Å². The summed E-state index contributed by atoms with van der Waals surface area (Å²) in [6.45, 7) is 3.71. The van der Waals surface area contributed by atoms with Crippen LogP contribution in [0.15, 0.2) is 0 Å². The van der Waals surface area contributed by atoms with Crippen LogP contribution in [-0.4, -0.2) is 69.8 Å². The van der Waals surface area contributed by atoms with Crippen LogP contribution in [0.2, 0.25) is 0 Å². The molecule has 122 valence electrons. The molecule has 3 amide bonds. The van der Waals surface area contributed by atoms with Gasteiger partial charge in [0.25, 0.3) is 0 Å². The summed E-state index contributed by atoms with van der Waals surface area (Å²) in [6.07, 6.45) is 0.968. The second-order valence-corrected chi connectivity index (χ2v) is 4.40. The molecule has 0 saturated carbocycles. The van der Waals surface area contributed by atoms with Crippen molar-refractivity contribution in [3.63, 3.8) is 0 Å². The van der Waals surface area contributed by atoms with Crippen molar-refractivity contribution >= 4 is 17.9 Å². The Bertz CT molecular complexity index is 336. The van der Waals surface area contributed by atoms with E-state index in [4.69, 9.17) is 4.74 Å². The molecule has 0 aliphatic carbocycles. The van der Waals surface area contributed by atoms with Gasteiger partial charge in [-0.3, -0.25) is 19.8 Å². The molecule has 0 aliphatic rings. The highest BCUT2D eigenvalue weighted by atomic mass is 16.5. The van der Waals surface area contributed by atoms with Crippen molar-refractivity contribution in [1.82, 2.24) is 15.5 Å². The highest BCUT2D eigenvalue weighted by Gasteiger charge is 2.14. The van der Waals surface area contributed by atoms with Crippen molar-refractivity contribution in [1.29, 1.82) is 0 Å². The third-order valence-electron chi connectivity index (χ3n) is 2.63. The van der Waals surface area contributed by atoms with E-state index < -0.39 is 11.9 Å². The van der Waals surface area contributed by atoms with Gasteiger partial charge in [-0.25, -0.2) is 4.79 Å². The Morgan fingerprint density at radius 1 is 1.14 bits per heavy atom. The second-order valence-electron chi connectivity index (χ2n) is 4.40. The summed E-state index contributed by atoms with van der Waals surface area (Å²) in [6, 6.07) is -0.512. The molecule has 0 heterocycles. The molecule has 0 bridgehead atoms. The summed E-state index contributed by atoms with van der Waals surface area (Å²) < 4.78 is 9.51. The highest BCUT2D eigenvalue weighted by Crippen LogP contribution is 1.94. The van der Waals surface area contributed by atoms with Crippen LogP contribution >= 0.6 is 0 Å². The zero-order valence-electron chi connectivity index (χ0n) is 12.9. The number of hydrogen-bond donors (Lipinski definition) is 2. The standard InChI is InChI=1S/C13H25N3O5/c1-4-6-14-13(19)15-11(17)10-16(8-9-20-2)7-5-12(18)21-3/h4-10H2,1-3H3,(H2,14,15,17,19). The molecule has 0 aromatic heterocycles. The summed E-state index contributed by atoms with van der Waals surface area (Å²) in [7, 11) is 2.86. The molecule has 0 spiro atoms. The Labute approximate surface area is 125 Å². The monoisotopic (exact) mass is 303 g/mol. The van der Waals surface area contributed by atoms with E-state index in [-0.39, 0.29) is 18.9 Å². The van der Waals surface area contributed by atoms with Gasteiger partial charge in [0, 0.05) is 26.7 Å². The van der Waals surface area contributed by atoms with Crippen LogP contribution < -0.4 is 10.6 Å². The van der Waals surface area contributed by atoms with Gasteiger partial charge in [0.05, 0.1) is 26.7 Å². The van der Waals surface area contributed by atoms with E-state index >= 15 is 0 Å². The minimum atomic E-state index is -0.512. The molecule has 0 radical (unpaired) electrons. The van der Waals surface area contributed by atoms with Crippen LogP contribution in [0.25, 0.3) is 0 Å². The molecular weight excluding hydrogens is 278 g/mol. The molecule has 0 aromatic rings. The van der Waals surface area contributed by atoms with E-state index in [1.54, 1.807) is 12.0 Å². The number of amides is 3. The number of imide groups is 1. The van der Waals surface area contributed by atoms with Gasteiger partial charge in [-0.05, 0) is 6.42 Å². The number of esters is 1. The first kappa shape index (κ1) is 19.3. The number of nitrogens with one attached hydrogen (secondary N) is 2. The van der Waals surface area contributed by atoms with Crippen LogP contribution in [0, 0.1) is 0 Å². The predicted molar refractivity (Wildman–Crippen MR) is 76.8 cm³/mol. The fourth-order valence-electron chi connectivity index (χ4n) is 1.49. The molecule has 8 heteroatoms. The van der Waals surface area contributed by atoms with Gasteiger partial charge >= 0.3 is 12.0 Å². The van der Waals surface area contributed by atoms with Gasteiger partial charge in [0.1, 0.15) is 0 Å². The van der Waals surface area contributed by atoms with E-state index in [1.807, 2.05) is 6.92 Å². The maximum atomic E-state index is 11.7. The first-order chi connectivity index (χ1) is 10.0. The Kier molecular flexibility index (Phi) is 11.1. The lowest BCUT2D eigenvalue weighted by Crippen LogP contribution is -2.45. The number of hydrogen-bond acceptors (Lipinski definition) is 6. The SMILES string of the molecule is CCCNC(=O)NC(=O)CN(CCOC)CCC(=O)OC. The van der Waals surface area contributed by atoms with Gasteiger partial charge in [-0.1, -0.05) is 6.92 Å². The predicted octanol–water partition coefficient (Wildman–Crippen LogP) is -0.266. The normalized spacial score (nSPS) is 10.3. The first-order valence-electron chi connectivity index (χ1n) is 6.89. The number of methoxy groups -OCH3 is 2. The number of nitrogens with zero attached hydrogens (tertiary/aromatic N) is 1. The molecule has 0 fully saturated rings. The summed E-state index contributed by atoms with van der Waals surface area (Å²) >= 11 is 0. The molecule has 2 N–H and O–H groups in total. The third kappa shape index (κ3) is 10.7. The zero-order chi connectivity index (χ0) is 16.1. The van der Waals surface area contributed by atoms with Gasteiger partial charge in [-0.2, -0.15) is 0 Å². The summed E-state index contributed by atoms with van der Waals surface area (Å²) in [5.41, 5.74) is 0. The number of rotatable bonds is 10. The minimum absolute atomic E-state index is 0.0138. The number of urea groups is 1. The largest absolute Gasteiger partial charge is 0.469 e. The van der Waals surface area contributed by atoms with Gasteiger partial charge < -0.3 is 14.8 Å². The van der Waals surface area contributed by atoms with E-state index in [9.17, 15) is 14.4 Å². The van der Waals surface area contributed by atoms with Crippen molar-refractivity contribution in [2.24, 2.45) is 0 Å². The topological polar surface area (TPSA) is 97.0 Å². The summed E-state index contributed by atoms with van der Waals surface area (Å²) in [5.74, 6) is -0.775. The number of carbonyl (C=O) groups excluding carboxylic acids is 3. The first-order valence-corrected chi connectivity index (χ1v) is 6.89. The average Bonchev–Trinajstić information content (AvgIpc) is 2.47. The Balaban J connectivity index is 4.20. The summed E-state index contributed by atoms with van der Waals surface area (Å²) in [5, 5.41) is 4.79. The van der Waals surface area contributed by atoms with E-state index in [0.717, 1.165) is 6.42 Å². The lowest BCUT2D eigenvalue weighted by Gasteiger charge is -2.20. The molecule has 0 aromatic carbocycles. The Morgan fingerprint density at radius 3 is 2.43 bits per heavy atom. The second kappa shape index (κ2) is 12.1. The Hall–Kier alpha value is -1.67. The molecule has 0 unspecified atom stereocenters. The maximum absolute atomic E-state index is 11.7. The lowest BCUT2D eigenvalue weighted by molar-refractivity contribution is -0.141. The average molecular weight is 303 g/mol. The van der Waals surface area contributed by atoms with Gasteiger partial charge in [-0.15, -0.1) is 0 Å². The van der Waals surface area contributed by atoms with Crippen LogP contribution in [0.3, 0.4) is 0 Å². The van der Waals surface area contributed by atoms with Crippen LogP contribution in [0.5, 0.6) is 0 Å². The van der Waals surface area contributed by atoms with Crippen LogP contribution in [0.4, 0.5) is 4.79 Å². The molecule has 0 rings (SSSR count). The third-order valence-corrected chi connectivity index (χ3v) is 2.63. The number of carbonyl (C=O) groups is 3. The fourth-order valence-corrected chi connectivity index (χ4v) is 1.49. The summed E-state index contributed by atoms with van der Waals surface area (Å²) in [4.78, 5) is 35.9. The number of ether oxygens (including phenoxy) is 2. The quantitative estimate of drug-likeness (QED) is 0.539. The van der Waals surface area contributed by atoms with Crippen molar-refractivity contribution in [2.45, 2.75) is 19.8 Å². The van der Waals surface area contributed by atoms with Crippen molar-refractivity contribution in [2.75, 3.05) is 47.0 Å². The van der Waals surface area contributed by atoms with E-state index in [1.165, 1.54) is 7.11 Å². The molecule has 8 nitrogen and oxygen atoms in total. The smallest absolute Gasteiger partial charge is 0.321 e. The van der Waals surface area contributed by atoms with Crippen molar-refractivity contribution < 1.29 is 23.9 Å². The molecule has 21 heavy (non-hydrogen) atoms. The zero-order valence-corrected chi connectivity index (χ0v) is 12.9. The molecule has 0 aliphatic heterocycles. The van der Waals surface area contributed by atoms with Crippen LogP contribution in [0.1, 0.15) is 19.8 Å². The molecule has 0 saturated heterocycles. The van der Waals surface area contributed by atoms with E-state index in [2.05, 4.69) is 15.4 Å². The fraction of sp³-hybridized carbons (Fsp3) is 0.769. The van der Waals surface area contributed by atoms with Crippen molar-refractivity contribution in [3.8, 4) is 0 Å². The van der Waals surface area contributed by atoms with Gasteiger partial charge in [0.2, 0.25) is 5.91 Å². The van der Waals surface area contributed by atoms with E-state index in [0.29, 0.717) is 26.2 Å². The molecular formula is C13H25N3O5. The minimum Gasteiger partial charge on any atom is -0.469 e. The van der Waals surface area contributed by atoms with Crippen molar-refractivity contribution in [3.05, 3.63) is 0 Å². The maximum Gasteiger partial charge on any atom is 0.321 e. The lowest BCUT2D eigenvalue weighted by atomic mass is 10.3. The van der Waals surface area contributed by atoms with Gasteiger partial charge in [0.15, 0.2) is 0 Å². The highest BCUT2D eigenvalue weighted by molar-refractivity contribution is 5.95. The Morgan fingerprint density at radius 2 is 1.86 bits per heavy atom. The molecule has 0 atom stereocenters.